The zero-order chi connectivity index (χ0) is 16.6. The summed E-state index contributed by atoms with van der Waals surface area (Å²) < 4.78 is 24.3. The van der Waals surface area contributed by atoms with E-state index in [1.54, 1.807) is 0 Å². The third-order valence-corrected chi connectivity index (χ3v) is 2.89. The molecule has 0 fully saturated rings. The van der Waals surface area contributed by atoms with Gasteiger partial charge in [-0.25, -0.2) is 14.2 Å². The van der Waals surface area contributed by atoms with Crippen LogP contribution in [0.2, 0.25) is 0 Å². The quantitative estimate of drug-likeness (QED) is 0.418. The standard InChI is InChI=1S/C13H17O8P/c1-2-7-19-12(14)10-3-5-11(6-4-10)13(15)20-8-9-21-22(16,17)18/h3-6H,2,7-9H2,1H3,(H2,16,17,18). The number of ether oxygens (including phenoxy) is 2. The molecule has 1 rings (SSSR count). The van der Waals surface area contributed by atoms with Crippen molar-refractivity contribution in [1.29, 1.82) is 0 Å². The maximum Gasteiger partial charge on any atom is 0.469 e. The van der Waals surface area contributed by atoms with Crippen LogP contribution in [0.25, 0.3) is 0 Å². The van der Waals surface area contributed by atoms with Crippen molar-refractivity contribution in [3.63, 3.8) is 0 Å². The number of phosphoric acid groups is 1. The largest absolute Gasteiger partial charge is 0.469 e. The molecule has 0 bridgehead atoms. The minimum atomic E-state index is -4.57. The molecule has 0 amide bonds. The van der Waals surface area contributed by atoms with Gasteiger partial charge in [0.2, 0.25) is 0 Å². The summed E-state index contributed by atoms with van der Waals surface area (Å²) in [6, 6.07) is 5.66. The van der Waals surface area contributed by atoms with Crippen molar-refractivity contribution in [2.75, 3.05) is 19.8 Å². The Morgan fingerprint density at radius 2 is 1.41 bits per heavy atom. The van der Waals surface area contributed by atoms with Crippen LogP contribution in [0.5, 0.6) is 0 Å². The first-order valence-electron chi connectivity index (χ1n) is 6.48. The molecule has 122 valence electrons. The van der Waals surface area contributed by atoms with E-state index in [1.807, 2.05) is 6.92 Å². The molecule has 0 aromatic heterocycles. The topological polar surface area (TPSA) is 119 Å². The van der Waals surface area contributed by atoms with E-state index in [0.717, 1.165) is 0 Å². The lowest BCUT2D eigenvalue weighted by atomic mass is 10.1. The highest BCUT2D eigenvalue weighted by molar-refractivity contribution is 7.46. The predicted octanol–water partition coefficient (Wildman–Crippen LogP) is 1.52. The summed E-state index contributed by atoms with van der Waals surface area (Å²) in [5, 5.41) is 0. The lowest BCUT2D eigenvalue weighted by Crippen LogP contribution is -2.11. The first-order valence-corrected chi connectivity index (χ1v) is 8.01. The van der Waals surface area contributed by atoms with Crippen molar-refractivity contribution in [2.45, 2.75) is 13.3 Å². The maximum atomic E-state index is 11.6. The monoisotopic (exact) mass is 332 g/mol. The van der Waals surface area contributed by atoms with Crippen LogP contribution in [0.15, 0.2) is 24.3 Å². The molecule has 1 aromatic rings. The van der Waals surface area contributed by atoms with Crippen LogP contribution in [0, 0.1) is 0 Å². The number of esters is 2. The van der Waals surface area contributed by atoms with Gasteiger partial charge in [-0.3, -0.25) is 4.52 Å². The Bertz CT molecular complexity index is 548. The van der Waals surface area contributed by atoms with Crippen LogP contribution in [-0.2, 0) is 18.6 Å². The number of carbonyl (C=O) groups is 2. The van der Waals surface area contributed by atoms with Crippen molar-refractivity contribution >= 4 is 19.8 Å². The van der Waals surface area contributed by atoms with Gasteiger partial charge in [0.1, 0.15) is 6.61 Å². The molecule has 0 radical (unpaired) electrons. The number of benzene rings is 1. The summed E-state index contributed by atoms with van der Waals surface area (Å²) >= 11 is 0. The fourth-order valence-electron chi connectivity index (χ4n) is 1.39. The Morgan fingerprint density at radius 3 is 1.82 bits per heavy atom. The van der Waals surface area contributed by atoms with E-state index in [-0.39, 0.29) is 12.2 Å². The molecule has 0 spiro atoms. The van der Waals surface area contributed by atoms with Crippen molar-refractivity contribution in [2.24, 2.45) is 0 Å². The first-order chi connectivity index (χ1) is 10.3. The van der Waals surface area contributed by atoms with Gasteiger partial charge in [0.25, 0.3) is 0 Å². The highest BCUT2D eigenvalue weighted by Gasteiger charge is 2.14. The van der Waals surface area contributed by atoms with Gasteiger partial charge in [-0.15, -0.1) is 0 Å². The Hall–Kier alpha value is -1.73. The van der Waals surface area contributed by atoms with E-state index in [0.29, 0.717) is 18.6 Å². The molecule has 0 aliphatic carbocycles. The molecule has 22 heavy (non-hydrogen) atoms. The summed E-state index contributed by atoms with van der Waals surface area (Å²) in [7, 11) is -4.57. The van der Waals surface area contributed by atoms with Crippen LogP contribution in [0.3, 0.4) is 0 Å². The van der Waals surface area contributed by atoms with E-state index in [2.05, 4.69) is 4.52 Å². The third kappa shape index (κ3) is 6.82. The number of hydrogen-bond donors (Lipinski definition) is 2. The van der Waals surface area contributed by atoms with Crippen LogP contribution in [-0.4, -0.2) is 41.5 Å². The van der Waals surface area contributed by atoms with Crippen LogP contribution < -0.4 is 0 Å². The summed E-state index contributed by atoms with van der Waals surface area (Å²) in [5.74, 6) is -1.17. The van der Waals surface area contributed by atoms with E-state index < -0.39 is 26.4 Å². The molecule has 0 aliphatic heterocycles. The predicted molar refractivity (Wildman–Crippen MR) is 75.3 cm³/mol. The molecule has 0 aliphatic rings. The van der Waals surface area contributed by atoms with Crippen LogP contribution in [0.1, 0.15) is 34.1 Å². The lowest BCUT2D eigenvalue weighted by Gasteiger charge is -2.07. The van der Waals surface area contributed by atoms with E-state index >= 15 is 0 Å². The minimum absolute atomic E-state index is 0.197. The van der Waals surface area contributed by atoms with Crippen molar-refractivity contribution in [1.82, 2.24) is 0 Å². The molecule has 9 heteroatoms. The maximum absolute atomic E-state index is 11.6. The smallest absolute Gasteiger partial charge is 0.462 e. The van der Waals surface area contributed by atoms with Crippen molar-refractivity contribution in [3.8, 4) is 0 Å². The number of phosphoric ester groups is 1. The van der Waals surface area contributed by atoms with Gasteiger partial charge in [0.05, 0.1) is 24.3 Å². The van der Waals surface area contributed by atoms with Gasteiger partial charge in [-0.2, -0.15) is 0 Å². The van der Waals surface area contributed by atoms with Gasteiger partial charge >= 0.3 is 19.8 Å². The summed E-state index contributed by atoms with van der Waals surface area (Å²) in [6.45, 7) is 1.48. The second-order valence-corrected chi connectivity index (χ2v) is 5.41. The highest BCUT2D eigenvalue weighted by Crippen LogP contribution is 2.35. The van der Waals surface area contributed by atoms with Crippen molar-refractivity contribution in [3.05, 3.63) is 35.4 Å². The molecule has 0 saturated carbocycles. The highest BCUT2D eigenvalue weighted by atomic mass is 31.2. The molecule has 0 atom stereocenters. The average Bonchev–Trinajstić information content (AvgIpc) is 2.48. The van der Waals surface area contributed by atoms with Gasteiger partial charge in [-0.05, 0) is 30.7 Å². The molecular weight excluding hydrogens is 315 g/mol. The Morgan fingerprint density at radius 1 is 0.955 bits per heavy atom. The zero-order valence-corrected chi connectivity index (χ0v) is 12.8. The molecule has 0 saturated heterocycles. The Balaban J connectivity index is 2.47. The van der Waals surface area contributed by atoms with Crippen molar-refractivity contribution < 1.29 is 37.9 Å². The molecule has 0 heterocycles. The van der Waals surface area contributed by atoms with E-state index in [9.17, 15) is 14.2 Å². The molecule has 0 unspecified atom stereocenters. The number of carbonyl (C=O) groups excluding carboxylic acids is 2. The first kappa shape index (κ1) is 18.3. The average molecular weight is 332 g/mol. The van der Waals surface area contributed by atoms with Crippen LogP contribution >= 0.6 is 7.82 Å². The van der Waals surface area contributed by atoms with Gasteiger partial charge < -0.3 is 19.3 Å². The third-order valence-electron chi connectivity index (χ3n) is 2.37. The minimum Gasteiger partial charge on any atom is -0.462 e. The second-order valence-electron chi connectivity index (χ2n) is 4.17. The number of rotatable bonds is 8. The fourth-order valence-corrected chi connectivity index (χ4v) is 1.71. The molecule has 2 N–H and O–H groups in total. The molecule has 1 aromatic carbocycles. The fraction of sp³-hybridized carbons (Fsp3) is 0.385. The summed E-state index contributed by atoms with van der Waals surface area (Å²) in [4.78, 5) is 40.1. The normalized spacial score (nSPS) is 11.0. The lowest BCUT2D eigenvalue weighted by molar-refractivity contribution is 0.0423. The van der Waals surface area contributed by atoms with E-state index in [1.165, 1.54) is 24.3 Å². The van der Waals surface area contributed by atoms with Gasteiger partial charge in [0.15, 0.2) is 0 Å². The molecule has 8 nitrogen and oxygen atoms in total. The summed E-state index contributed by atoms with van der Waals surface area (Å²) in [5.41, 5.74) is 0.512. The summed E-state index contributed by atoms with van der Waals surface area (Å²) in [6.07, 6.45) is 0.715. The van der Waals surface area contributed by atoms with E-state index in [4.69, 9.17) is 19.3 Å². The van der Waals surface area contributed by atoms with Gasteiger partial charge in [0, 0.05) is 0 Å². The number of hydrogen-bond acceptors (Lipinski definition) is 6. The zero-order valence-electron chi connectivity index (χ0n) is 11.9. The van der Waals surface area contributed by atoms with Crippen LogP contribution in [0.4, 0.5) is 0 Å². The Labute approximate surface area is 127 Å². The molecular formula is C13H17O8P. The Kier molecular flexibility index (Phi) is 7.20. The second kappa shape index (κ2) is 8.65. The van der Waals surface area contributed by atoms with Gasteiger partial charge in [-0.1, -0.05) is 6.92 Å². The SMILES string of the molecule is CCCOC(=O)c1ccc(C(=O)OCCOP(=O)(O)O)cc1.